The molecular weight excluding hydrogens is 447 g/mol. The fourth-order valence-electron chi connectivity index (χ4n) is 2.94. The van der Waals surface area contributed by atoms with Gasteiger partial charge >= 0.3 is 6.09 Å². The van der Waals surface area contributed by atoms with E-state index in [2.05, 4.69) is 4.99 Å². The van der Waals surface area contributed by atoms with Crippen LogP contribution in [0.4, 0.5) is 4.79 Å². The van der Waals surface area contributed by atoms with Gasteiger partial charge in [-0.25, -0.2) is 9.79 Å². The Kier molecular flexibility index (Phi) is 6.59. The Morgan fingerprint density at radius 1 is 1.19 bits per heavy atom. The summed E-state index contributed by atoms with van der Waals surface area (Å²) >= 11 is 0. The first-order valence-electron chi connectivity index (χ1n) is 8.61. The molecule has 8 heteroatoms. The number of piperazine rings is 1. The number of benzene rings is 1. The number of nitrogens with two attached hydrogens (primary N) is 1. The van der Waals surface area contributed by atoms with Gasteiger partial charge in [-0.1, -0.05) is 18.2 Å². The van der Waals surface area contributed by atoms with E-state index < -0.39 is 5.60 Å². The maximum Gasteiger partial charge on any atom is 0.410 e. The van der Waals surface area contributed by atoms with Crippen LogP contribution in [0.15, 0.2) is 29.3 Å². The minimum Gasteiger partial charge on any atom is -0.491 e. The van der Waals surface area contributed by atoms with Crippen LogP contribution in [0, 0.1) is 0 Å². The zero-order chi connectivity index (χ0) is 18.0. The number of halogens is 1. The average molecular weight is 474 g/mol. The van der Waals surface area contributed by atoms with Crippen molar-refractivity contribution in [3.8, 4) is 5.75 Å². The number of rotatable bonds is 1. The highest BCUT2D eigenvalue weighted by Crippen LogP contribution is 2.34. The highest BCUT2D eigenvalue weighted by molar-refractivity contribution is 14.0. The molecule has 0 radical (unpaired) electrons. The van der Waals surface area contributed by atoms with Gasteiger partial charge in [0.25, 0.3) is 0 Å². The van der Waals surface area contributed by atoms with Crippen molar-refractivity contribution in [3.05, 3.63) is 29.8 Å². The molecule has 0 aliphatic carbocycles. The maximum absolute atomic E-state index is 12.1. The third-order valence-corrected chi connectivity index (χ3v) is 4.22. The van der Waals surface area contributed by atoms with Gasteiger partial charge in [0.2, 0.25) is 0 Å². The second-order valence-electron chi connectivity index (χ2n) is 7.31. The molecule has 2 N–H and O–H groups in total. The molecule has 0 bridgehead atoms. The van der Waals surface area contributed by atoms with Crippen LogP contribution in [-0.2, 0) is 4.74 Å². The van der Waals surface area contributed by atoms with Gasteiger partial charge in [-0.3, -0.25) is 0 Å². The van der Waals surface area contributed by atoms with Crippen molar-refractivity contribution >= 4 is 36.0 Å². The van der Waals surface area contributed by atoms with Crippen molar-refractivity contribution in [1.29, 1.82) is 0 Å². The molecule has 0 aromatic heterocycles. The van der Waals surface area contributed by atoms with Crippen LogP contribution >= 0.6 is 24.0 Å². The first-order chi connectivity index (χ1) is 11.8. The number of hydrogen-bond acceptors (Lipinski definition) is 4. The summed E-state index contributed by atoms with van der Waals surface area (Å²) in [7, 11) is 0. The maximum atomic E-state index is 12.1. The van der Waals surface area contributed by atoms with Gasteiger partial charge in [-0.15, -0.1) is 24.0 Å². The van der Waals surface area contributed by atoms with Gasteiger partial charge in [0, 0.05) is 31.7 Å². The second-order valence-corrected chi connectivity index (χ2v) is 7.31. The third-order valence-electron chi connectivity index (χ3n) is 4.22. The Morgan fingerprint density at radius 2 is 1.81 bits per heavy atom. The molecule has 7 nitrogen and oxygen atoms in total. The number of guanidine groups is 1. The zero-order valence-electron chi connectivity index (χ0n) is 15.5. The Morgan fingerprint density at radius 3 is 2.46 bits per heavy atom. The number of amides is 1. The SMILES string of the molecule is CC(C)(C)OC(=O)N1CCN(C(N)=NC2COc3ccccc32)CC1.I. The molecule has 3 rings (SSSR count). The lowest BCUT2D eigenvalue weighted by atomic mass is 10.1. The van der Waals surface area contributed by atoms with E-state index in [-0.39, 0.29) is 36.1 Å². The number of hydrogen-bond donors (Lipinski definition) is 1. The lowest BCUT2D eigenvalue weighted by molar-refractivity contribution is 0.0186. The van der Waals surface area contributed by atoms with Crippen molar-refractivity contribution < 1.29 is 14.3 Å². The fraction of sp³-hybridized carbons (Fsp3) is 0.556. The average Bonchev–Trinajstić information content (AvgIpc) is 2.96. The second kappa shape index (κ2) is 8.32. The van der Waals surface area contributed by atoms with Gasteiger partial charge in [0.05, 0.1) is 0 Å². The first kappa shape index (κ1) is 20.6. The molecule has 0 spiro atoms. The quantitative estimate of drug-likeness (QED) is 0.385. The molecule has 26 heavy (non-hydrogen) atoms. The molecule has 1 aromatic rings. The third kappa shape index (κ3) is 4.93. The Labute approximate surface area is 171 Å². The standard InChI is InChI=1S/C18H26N4O3.HI/c1-18(2,3)25-17(23)22-10-8-21(9-11-22)16(19)20-14-12-24-15-7-5-4-6-13(14)15;/h4-7,14H,8-12H2,1-3H3,(H2,19,20);1H. The molecular formula is C18H27IN4O3. The molecule has 1 atom stereocenters. The van der Waals surface area contributed by atoms with E-state index in [0.29, 0.717) is 38.7 Å². The lowest BCUT2D eigenvalue weighted by Crippen LogP contribution is -2.53. The molecule has 1 unspecified atom stereocenters. The largest absolute Gasteiger partial charge is 0.491 e. The van der Waals surface area contributed by atoms with Crippen LogP contribution in [0.1, 0.15) is 32.4 Å². The van der Waals surface area contributed by atoms with E-state index in [1.807, 2.05) is 49.9 Å². The van der Waals surface area contributed by atoms with Gasteiger partial charge in [-0.2, -0.15) is 0 Å². The summed E-state index contributed by atoms with van der Waals surface area (Å²) in [5.74, 6) is 1.37. The van der Waals surface area contributed by atoms with Crippen molar-refractivity contribution in [2.75, 3.05) is 32.8 Å². The van der Waals surface area contributed by atoms with Crippen molar-refractivity contribution in [2.24, 2.45) is 10.7 Å². The molecule has 1 aromatic carbocycles. The van der Waals surface area contributed by atoms with Crippen LogP contribution in [0.2, 0.25) is 0 Å². The molecule has 2 aliphatic rings. The Balaban J connectivity index is 0.00000243. The molecule has 1 fully saturated rings. The summed E-state index contributed by atoms with van der Waals surface area (Å²) < 4.78 is 11.1. The predicted molar refractivity (Wildman–Crippen MR) is 111 cm³/mol. The highest BCUT2D eigenvalue weighted by Gasteiger charge is 2.28. The summed E-state index contributed by atoms with van der Waals surface area (Å²) in [6, 6.07) is 7.82. The van der Waals surface area contributed by atoms with Crippen LogP contribution in [-0.4, -0.2) is 60.2 Å². The predicted octanol–water partition coefficient (Wildman–Crippen LogP) is 2.61. The summed E-state index contributed by atoms with van der Waals surface area (Å²) in [5, 5.41) is 0. The smallest absolute Gasteiger partial charge is 0.410 e. The van der Waals surface area contributed by atoms with E-state index in [1.54, 1.807) is 4.90 Å². The number of fused-ring (bicyclic) bond motifs is 1. The van der Waals surface area contributed by atoms with Gasteiger partial charge in [-0.05, 0) is 26.8 Å². The van der Waals surface area contributed by atoms with Crippen molar-refractivity contribution in [1.82, 2.24) is 9.80 Å². The topological polar surface area (TPSA) is 80.4 Å². The van der Waals surface area contributed by atoms with Gasteiger partial charge in [0.15, 0.2) is 5.96 Å². The molecule has 2 aliphatic heterocycles. The van der Waals surface area contributed by atoms with Crippen LogP contribution in [0.5, 0.6) is 5.75 Å². The monoisotopic (exact) mass is 474 g/mol. The van der Waals surface area contributed by atoms with Crippen LogP contribution in [0.25, 0.3) is 0 Å². The fourth-order valence-corrected chi connectivity index (χ4v) is 2.94. The molecule has 1 saturated heterocycles. The van der Waals surface area contributed by atoms with E-state index in [1.165, 1.54) is 0 Å². The Bertz CT molecular complexity index is 667. The highest BCUT2D eigenvalue weighted by atomic mass is 127. The van der Waals surface area contributed by atoms with Gasteiger partial charge in [0.1, 0.15) is 24.0 Å². The summed E-state index contributed by atoms with van der Waals surface area (Å²) in [5.41, 5.74) is 6.78. The van der Waals surface area contributed by atoms with Crippen molar-refractivity contribution in [3.63, 3.8) is 0 Å². The van der Waals surface area contributed by atoms with Crippen LogP contribution in [0.3, 0.4) is 0 Å². The zero-order valence-corrected chi connectivity index (χ0v) is 17.8. The minimum atomic E-state index is -0.482. The molecule has 144 valence electrons. The van der Waals surface area contributed by atoms with E-state index in [9.17, 15) is 4.79 Å². The lowest BCUT2D eigenvalue weighted by Gasteiger charge is -2.36. The first-order valence-corrected chi connectivity index (χ1v) is 8.61. The van der Waals surface area contributed by atoms with Crippen LogP contribution < -0.4 is 10.5 Å². The number of carbonyl (C=O) groups is 1. The number of carbonyl (C=O) groups excluding carboxylic acids is 1. The summed E-state index contributed by atoms with van der Waals surface area (Å²) in [6.07, 6.45) is -0.277. The number of para-hydroxylation sites is 1. The molecule has 0 saturated carbocycles. The molecule has 1 amide bonds. The summed E-state index contributed by atoms with van der Waals surface area (Å²) in [4.78, 5) is 20.5. The number of aliphatic imine (C=N–C) groups is 1. The number of ether oxygens (including phenoxy) is 2. The van der Waals surface area contributed by atoms with E-state index in [4.69, 9.17) is 15.2 Å². The normalized spacial score (nSPS) is 20.1. The summed E-state index contributed by atoms with van der Waals surface area (Å²) in [6.45, 7) is 8.55. The van der Waals surface area contributed by atoms with Crippen molar-refractivity contribution in [2.45, 2.75) is 32.4 Å². The van der Waals surface area contributed by atoms with E-state index >= 15 is 0 Å². The van der Waals surface area contributed by atoms with Gasteiger partial charge < -0.3 is 25.0 Å². The Hall–Kier alpha value is -1.71. The minimum absolute atomic E-state index is 0. The van der Waals surface area contributed by atoms with E-state index in [0.717, 1.165) is 11.3 Å². The molecule has 2 heterocycles. The number of nitrogens with zero attached hydrogens (tertiary/aromatic N) is 3.